The van der Waals surface area contributed by atoms with E-state index in [-0.39, 0.29) is 5.69 Å². The molecule has 1 heterocycles. The van der Waals surface area contributed by atoms with E-state index in [4.69, 9.17) is 0 Å². The summed E-state index contributed by atoms with van der Waals surface area (Å²) in [6.45, 7) is 0. The minimum atomic E-state index is -4.74. The third kappa shape index (κ3) is 2.98. The average molecular weight is 333 g/mol. The highest BCUT2D eigenvalue weighted by Crippen LogP contribution is 2.36. The monoisotopic (exact) mass is 333 g/mol. The topological polar surface area (TPSA) is 61.0 Å². The molecule has 0 bridgehead atoms. The molecule has 8 heteroatoms. The summed E-state index contributed by atoms with van der Waals surface area (Å²) in [4.78, 5) is 9.87. The minimum Gasteiger partial charge on any atom is -0.258 e. The van der Waals surface area contributed by atoms with Crippen LogP contribution in [-0.2, 0) is 6.18 Å². The molecule has 1 aromatic heterocycles. The van der Waals surface area contributed by atoms with Crippen LogP contribution in [0.2, 0.25) is 0 Å². The highest BCUT2D eigenvalue weighted by atomic mass is 19.4. The third-order valence-corrected chi connectivity index (χ3v) is 3.40. The SMILES string of the molecule is O=[N+]([O-])c1ccc(-n2ccc(-c3ccccc3)n2)c(C(F)(F)F)c1. The number of alkyl halides is 3. The summed E-state index contributed by atoms with van der Waals surface area (Å²) < 4.78 is 40.8. The molecule has 0 unspecified atom stereocenters. The van der Waals surface area contributed by atoms with Gasteiger partial charge in [0.15, 0.2) is 0 Å². The van der Waals surface area contributed by atoms with E-state index in [0.29, 0.717) is 11.8 Å². The van der Waals surface area contributed by atoms with Crippen LogP contribution in [0, 0.1) is 10.1 Å². The van der Waals surface area contributed by atoms with Crippen LogP contribution in [0.4, 0.5) is 18.9 Å². The minimum absolute atomic E-state index is 0.268. The van der Waals surface area contributed by atoms with Crippen molar-refractivity contribution < 1.29 is 18.1 Å². The lowest BCUT2D eigenvalue weighted by molar-refractivity contribution is -0.385. The molecule has 0 N–H and O–H groups in total. The Labute approximate surface area is 134 Å². The maximum absolute atomic E-state index is 13.2. The lowest BCUT2D eigenvalue weighted by Gasteiger charge is -2.12. The maximum Gasteiger partial charge on any atom is 0.418 e. The average Bonchev–Trinajstić information content (AvgIpc) is 3.04. The number of non-ortho nitro benzene ring substituents is 1. The van der Waals surface area contributed by atoms with Gasteiger partial charge in [0.2, 0.25) is 0 Å². The van der Waals surface area contributed by atoms with Crippen LogP contribution in [0.25, 0.3) is 16.9 Å². The molecule has 122 valence electrons. The molecule has 5 nitrogen and oxygen atoms in total. The number of nitro groups is 1. The molecular formula is C16H10F3N3O2. The Morgan fingerprint density at radius 3 is 2.38 bits per heavy atom. The van der Waals surface area contributed by atoms with Crippen LogP contribution >= 0.6 is 0 Å². The number of nitro benzene ring substituents is 1. The zero-order chi connectivity index (χ0) is 17.3. The summed E-state index contributed by atoms with van der Waals surface area (Å²) in [6, 6.07) is 13.1. The Kier molecular flexibility index (Phi) is 3.80. The molecule has 24 heavy (non-hydrogen) atoms. The van der Waals surface area contributed by atoms with Crippen molar-refractivity contribution in [3.05, 3.63) is 76.5 Å². The van der Waals surface area contributed by atoms with Gasteiger partial charge in [-0.1, -0.05) is 30.3 Å². The molecule has 0 fully saturated rings. The normalized spacial score (nSPS) is 11.5. The van der Waals surface area contributed by atoms with E-state index in [1.165, 1.54) is 6.20 Å². The van der Waals surface area contributed by atoms with Crippen molar-refractivity contribution in [2.24, 2.45) is 0 Å². The van der Waals surface area contributed by atoms with E-state index in [1.54, 1.807) is 30.3 Å². The highest BCUT2D eigenvalue weighted by Gasteiger charge is 2.36. The van der Waals surface area contributed by atoms with Crippen molar-refractivity contribution in [1.29, 1.82) is 0 Å². The van der Waals surface area contributed by atoms with Crippen molar-refractivity contribution in [3.63, 3.8) is 0 Å². The van der Waals surface area contributed by atoms with Gasteiger partial charge in [-0.2, -0.15) is 18.3 Å². The van der Waals surface area contributed by atoms with Crippen molar-refractivity contribution in [2.75, 3.05) is 0 Å². The van der Waals surface area contributed by atoms with E-state index in [1.807, 2.05) is 6.07 Å². The van der Waals surface area contributed by atoms with Crippen molar-refractivity contribution in [2.45, 2.75) is 6.18 Å². The summed E-state index contributed by atoms with van der Waals surface area (Å²) >= 11 is 0. The third-order valence-electron chi connectivity index (χ3n) is 3.40. The van der Waals surface area contributed by atoms with Crippen LogP contribution in [-0.4, -0.2) is 14.7 Å². The fraction of sp³-hybridized carbons (Fsp3) is 0.0625. The summed E-state index contributed by atoms with van der Waals surface area (Å²) in [5.41, 5.74) is -0.745. The first kappa shape index (κ1) is 15.7. The van der Waals surface area contributed by atoms with E-state index < -0.39 is 22.4 Å². The number of rotatable bonds is 3. The molecule has 0 aliphatic rings. The van der Waals surface area contributed by atoms with Gasteiger partial charge < -0.3 is 0 Å². The first-order valence-electron chi connectivity index (χ1n) is 6.83. The smallest absolute Gasteiger partial charge is 0.258 e. The zero-order valence-electron chi connectivity index (χ0n) is 12.1. The number of benzene rings is 2. The van der Waals surface area contributed by atoms with E-state index in [9.17, 15) is 23.3 Å². The molecular weight excluding hydrogens is 323 g/mol. The second kappa shape index (κ2) is 5.80. The second-order valence-corrected chi connectivity index (χ2v) is 4.97. The fourth-order valence-corrected chi connectivity index (χ4v) is 2.29. The summed E-state index contributed by atoms with van der Waals surface area (Å²) in [6.07, 6.45) is -3.35. The fourth-order valence-electron chi connectivity index (χ4n) is 2.29. The molecule has 2 aromatic carbocycles. The summed E-state index contributed by atoms with van der Waals surface area (Å²) in [7, 11) is 0. The first-order chi connectivity index (χ1) is 11.4. The van der Waals surface area contributed by atoms with Gasteiger partial charge in [0.1, 0.15) is 0 Å². The largest absolute Gasteiger partial charge is 0.418 e. The van der Waals surface area contributed by atoms with Gasteiger partial charge in [0.25, 0.3) is 5.69 Å². The Hall–Kier alpha value is -3.16. The van der Waals surface area contributed by atoms with Crippen LogP contribution < -0.4 is 0 Å². The molecule has 0 saturated heterocycles. The van der Waals surface area contributed by atoms with Crippen LogP contribution in [0.15, 0.2) is 60.8 Å². The molecule has 0 amide bonds. The van der Waals surface area contributed by atoms with Gasteiger partial charge in [0.05, 0.1) is 21.9 Å². The summed E-state index contributed by atoms with van der Waals surface area (Å²) in [5.74, 6) is 0. The highest BCUT2D eigenvalue weighted by molar-refractivity contribution is 5.59. The number of halogens is 3. The Morgan fingerprint density at radius 1 is 1.04 bits per heavy atom. The lowest BCUT2D eigenvalue weighted by atomic mass is 10.1. The standard InChI is InChI=1S/C16H10F3N3O2/c17-16(18,19)13-10-12(22(23)24)6-7-15(13)21-9-8-14(20-21)11-4-2-1-3-5-11/h1-10H. The number of hydrogen-bond acceptors (Lipinski definition) is 3. The molecule has 3 rings (SSSR count). The zero-order valence-corrected chi connectivity index (χ0v) is 12.1. The molecule has 3 aromatic rings. The Balaban J connectivity index is 2.10. The van der Waals surface area contributed by atoms with E-state index in [2.05, 4.69) is 5.10 Å². The molecule has 0 radical (unpaired) electrons. The summed E-state index contributed by atoms with van der Waals surface area (Å²) in [5, 5.41) is 14.9. The van der Waals surface area contributed by atoms with Gasteiger partial charge in [-0.25, -0.2) is 4.68 Å². The number of hydrogen-bond donors (Lipinski definition) is 0. The molecule has 0 aliphatic heterocycles. The molecule has 0 saturated carbocycles. The van der Waals surface area contributed by atoms with Crippen LogP contribution in [0.1, 0.15) is 5.56 Å². The van der Waals surface area contributed by atoms with Crippen LogP contribution in [0.3, 0.4) is 0 Å². The number of aromatic nitrogens is 2. The molecule has 0 atom stereocenters. The Morgan fingerprint density at radius 2 is 1.75 bits per heavy atom. The number of nitrogens with zero attached hydrogens (tertiary/aromatic N) is 3. The first-order valence-corrected chi connectivity index (χ1v) is 6.83. The van der Waals surface area contributed by atoms with Crippen molar-refractivity contribution >= 4 is 5.69 Å². The predicted octanol–water partition coefficient (Wildman–Crippen LogP) is 4.47. The van der Waals surface area contributed by atoms with Crippen LogP contribution in [0.5, 0.6) is 0 Å². The second-order valence-electron chi connectivity index (χ2n) is 4.97. The quantitative estimate of drug-likeness (QED) is 0.525. The van der Waals surface area contributed by atoms with E-state index >= 15 is 0 Å². The van der Waals surface area contributed by atoms with Gasteiger partial charge in [-0.15, -0.1) is 0 Å². The molecule has 0 aliphatic carbocycles. The lowest BCUT2D eigenvalue weighted by Crippen LogP contribution is -2.12. The van der Waals surface area contributed by atoms with Gasteiger partial charge >= 0.3 is 6.18 Å². The predicted molar refractivity (Wildman–Crippen MR) is 80.7 cm³/mol. The van der Waals surface area contributed by atoms with Gasteiger partial charge in [-0.3, -0.25) is 10.1 Å². The Bertz CT molecular complexity index is 889. The molecule has 0 spiro atoms. The van der Waals surface area contributed by atoms with Crippen molar-refractivity contribution in [1.82, 2.24) is 9.78 Å². The van der Waals surface area contributed by atoms with E-state index in [0.717, 1.165) is 22.4 Å². The maximum atomic E-state index is 13.2. The van der Waals surface area contributed by atoms with Crippen molar-refractivity contribution in [3.8, 4) is 16.9 Å². The van der Waals surface area contributed by atoms with Gasteiger partial charge in [0, 0.05) is 23.9 Å². The van der Waals surface area contributed by atoms with Gasteiger partial charge in [-0.05, 0) is 12.1 Å².